The number of aryl methyl sites for hydroxylation is 2. The molecule has 3 aromatic heterocycles. The Morgan fingerprint density at radius 1 is 1.40 bits per heavy atom. The lowest BCUT2D eigenvalue weighted by Gasteiger charge is -2.07. The van der Waals surface area contributed by atoms with Crippen LogP contribution in [0.15, 0.2) is 18.5 Å². The number of nitrogens with zero attached hydrogens (tertiary/aromatic N) is 5. The molecule has 3 aromatic rings. The molecule has 0 bridgehead atoms. The Balaban J connectivity index is 1.67. The molecule has 20 heavy (non-hydrogen) atoms. The lowest BCUT2D eigenvalue weighted by molar-refractivity contribution is 0.569. The summed E-state index contributed by atoms with van der Waals surface area (Å²) in [7, 11) is 0. The van der Waals surface area contributed by atoms with Gasteiger partial charge in [0.25, 0.3) is 0 Å². The van der Waals surface area contributed by atoms with Crippen molar-refractivity contribution < 1.29 is 0 Å². The molecule has 0 aromatic carbocycles. The number of hydrogen-bond acceptors (Lipinski definition) is 7. The van der Waals surface area contributed by atoms with E-state index >= 15 is 0 Å². The number of nitrogens with one attached hydrogen (secondary N) is 1. The Bertz CT molecular complexity index is 704. The summed E-state index contributed by atoms with van der Waals surface area (Å²) in [5.41, 5.74) is 5.74. The minimum Gasteiger partial charge on any atom is -0.369 e. The Morgan fingerprint density at radius 3 is 3.10 bits per heavy atom. The van der Waals surface area contributed by atoms with Crippen LogP contribution in [0.2, 0.25) is 0 Å². The summed E-state index contributed by atoms with van der Waals surface area (Å²) in [6.45, 7) is 3.66. The molecule has 0 aliphatic carbocycles. The monoisotopic (exact) mass is 289 g/mol. The molecule has 0 amide bonds. The summed E-state index contributed by atoms with van der Waals surface area (Å²) in [6.07, 6.45) is 4.46. The maximum absolute atomic E-state index is 5.74. The van der Waals surface area contributed by atoms with Crippen molar-refractivity contribution in [1.82, 2.24) is 25.0 Å². The summed E-state index contributed by atoms with van der Waals surface area (Å²) in [5, 5.41) is 12.0. The molecule has 3 rings (SSSR count). The number of hydrogen-bond donors (Lipinski definition) is 2. The van der Waals surface area contributed by atoms with Gasteiger partial charge in [0.15, 0.2) is 0 Å². The van der Waals surface area contributed by atoms with Gasteiger partial charge in [-0.05, 0) is 19.4 Å². The molecule has 0 radical (unpaired) electrons. The molecule has 104 valence electrons. The van der Waals surface area contributed by atoms with Crippen LogP contribution in [0.3, 0.4) is 0 Å². The normalized spacial score (nSPS) is 11.1. The van der Waals surface area contributed by atoms with E-state index in [0.717, 1.165) is 35.5 Å². The minimum absolute atomic E-state index is 0.304. The van der Waals surface area contributed by atoms with E-state index < -0.39 is 0 Å². The molecule has 0 aliphatic heterocycles. The second-order valence-corrected chi connectivity index (χ2v) is 5.69. The van der Waals surface area contributed by atoms with Crippen molar-refractivity contribution in [1.29, 1.82) is 0 Å². The van der Waals surface area contributed by atoms with E-state index in [1.165, 1.54) is 4.88 Å². The van der Waals surface area contributed by atoms with Crippen LogP contribution in [0.4, 0.5) is 11.8 Å². The zero-order valence-corrected chi connectivity index (χ0v) is 11.9. The average Bonchev–Trinajstić information content (AvgIpc) is 3.02. The number of nitrogen functional groups attached to an aromatic ring is 1. The Morgan fingerprint density at radius 2 is 2.30 bits per heavy atom. The molecule has 7 nitrogen and oxygen atoms in total. The summed E-state index contributed by atoms with van der Waals surface area (Å²) >= 11 is 1.62. The summed E-state index contributed by atoms with van der Waals surface area (Å²) in [6, 6.07) is 2.08. The first-order valence-corrected chi connectivity index (χ1v) is 7.15. The van der Waals surface area contributed by atoms with Gasteiger partial charge in [0.1, 0.15) is 10.6 Å². The fraction of sp³-hybridized carbons (Fsp3) is 0.333. The molecule has 0 unspecified atom stereocenters. The quantitative estimate of drug-likeness (QED) is 0.694. The van der Waals surface area contributed by atoms with Crippen LogP contribution in [-0.4, -0.2) is 31.5 Å². The van der Waals surface area contributed by atoms with E-state index in [-0.39, 0.29) is 0 Å². The Labute approximate surface area is 119 Å². The van der Waals surface area contributed by atoms with Gasteiger partial charge in [-0.1, -0.05) is 5.21 Å². The van der Waals surface area contributed by atoms with Crippen molar-refractivity contribution in [2.75, 3.05) is 17.6 Å². The van der Waals surface area contributed by atoms with Gasteiger partial charge in [0.05, 0.1) is 11.6 Å². The smallest absolute Gasteiger partial charge is 0.223 e. The molecular formula is C12H15N7S. The van der Waals surface area contributed by atoms with Gasteiger partial charge >= 0.3 is 0 Å². The first kappa shape index (κ1) is 12.8. The molecule has 0 atom stereocenters. The van der Waals surface area contributed by atoms with Crippen molar-refractivity contribution in [3.63, 3.8) is 0 Å². The van der Waals surface area contributed by atoms with Crippen LogP contribution in [-0.2, 0) is 6.54 Å². The highest BCUT2D eigenvalue weighted by molar-refractivity contribution is 7.18. The van der Waals surface area contributed by atoms with E-state index in [2.05, 4.69) is 38.6 Å². The standard InChI is InChI=1S/C12H15N7S/c1-8-7-9-10(16-12(13)17-11(9)20-8)14-3-2-5-19-6-4-15-18-19/h4,6-7H,2-3,5H2,1H3,(H3,13,14,16,17). The van der Waals surface area contributed by atoms with E-state index in [0.29, 0.717) is 5.95 Å². The molecular weight excluding hydrogens is 274 g/mol. The minimum atomic E-state index is 0.304. The van der Waals surface area contributed by atoms with Crippen LogP contribution in [0.5, 0.6) is 0 Å². The van der Waals surface area contributed by atoms with Crippen LogP contribution in [0.25, 0.3) is 10.2 Å². The van der Waals surface area contributed by atoms with Crippen LogP contribution in [0.1, 0.15) is 11.3 Å². The highest BCUT2D eigenvalue weighted by Gasteiger charge is 2.08. The fourth-order valence-electron chi connectivity index (χ4n) is 1.99. The lowest BCUT2D eigenvalue weighted by atomic mass is 10.3. The maximum Gasteiger partial charge on any atom is 0.223 e. The average molecular weight is 289 g/mol. The van der Waals surface area contributed by atoms with Gasteiger partial charge in [-0.2, -0.15) is 4.98 Å². The number of thiophene rings is 1. The topological polar surface area (TPSA) is 94.5 Å². The van der Waals surface area contributed by atoms with Crippen molar-refractivity contribution in [2.45, 2.75) is 19.9 Å². The summed E-state index contributed by atoms with van der Waals surface area (Å²) in [4.78, 5) is 10.6. The number of anilines is 2. The van der Waals surface area contributed by atoms with Gasteiger partial charge in [-0.25, -0.2) is 4.98 Å². The Kier molecular flexibility index (Phi) is 3.46. The molecule has 8 heteroatoms. The number of nitrogens with two attached hydrogens (primary N) is 1. The van der Waals surface area contributed by atoms with Gasteiger partial charge in [0, 0.05) is 24.2 Å². The molecule has 0 fully saturated rings. The predicted octanol–water partition coefficient (Wildman–Crippen LogP) is 1.68. The van der Waals surface area contributed by atoms with Gasteiger partial charge < -0.3 is 11.1 Å². The number of rotatable bonds is 5. The zero-order valence-electron chi connectivity index (χ0n) is 11.1. The third-order valence-corrected chi connectivity index (χ3v) is 3.81. The van der Waals surface area contributed by atoms with Crippen molar-refractivity contribution in [2.24, 2.45) is 0 Å². The summed E-state index contributed by atoms with van der Waals surface area (Å²) in [5.74, 6) is 1.11. The molecule has 0 spiro atoms. The van der Waals surface area contributed by atoms with Crippen LogP contribution < -0.4 is 11.1 Å². The first-order chi connectivity index (χ1) is 9.72. The van der Waals surface area contributed by atoms with Gasteiger partial charge in [-0.15, -0.1) is 16.4 Å². The van der Waals surface area contributed by atoms with E-state index in [1.54, 1.807) is 22.2 Å². The highest BCUT2D eigenvalue weighted by atomic mass is 32.1. The second-order valence-electron chi connectivity index (χ2n) is 4.45. The predicted molar refractivity (Wildman–Crippen MR) is 79.7 cm³/mol. The maximum atomic E-state index is 5.74. The van der Waals surface area contributed by atoms with Crippen molar-refractivity contribution in [3.8, 4) is 0 Å². The molecule has 3 N–H and O–H groups in total. The van der Waals surface area contributed by atoms with Gasteiger partial charge in [-0.3, -0.25) is 4.68 Å². The fourth-order valence-corrected chi connectivity index (χ4v) is 2.88. The molecule has 0 aliphatic rings. The van der Waals surface area contributed by atoms with Crippen LogP contribution >= 0.6 is 11.3 Å². The lowest BCUT2D eigenvalue weighted by Crippen LogP contribution is -2.09. The van der Waals surface area contributed by atoms with E-state index in [9.17, 15) is 0 Å². The molecule has 0 saturated carbocycles. The first-order valence-electron chi connectivity index (χ1n) is 6.34. The zero-order chi connectivity index (χ0) is 13.9. The largest absolute Gasteiger partial charge is 0.369 e. The third kappa shape index (κ3) is 2.69. The van der Waals surface area contributed by atoms with Crippen molar-refractivity contribution >= 4 is 33.3 Å². The van der Waals surface area contributed by atoms with Crippen molar-refractivity contribution in [3.05, 3.63) is 23.3 Å². The number of fused-ring (bicyclic) bond motifs is 1. The molecule has 0 saturated heterocycles. The SMILES string of the molecule is Cc1cc2c(NCCCn3ccnn3)nc(N)nc2s1. The summed E-state index contributed by atoms with van der Waals surface area (Å²) < 4.78 is 1.81. The third-order valence-electron chi connectivity index (χ3n) is 2.86. The number of aromatic nitrogens is 5. The van der Waals surface area contributed by atoms with E-state index in [4.69, 9.17) is 5.73 Å². The second kappa shape index (κ2) is 5.41. The van der Waals surface area contributed by atoms with Gasteiger partial charge in [0.2, 0.25) is 5.95 Å². The Hall–Kier alpha value is -2.22. The highest BCUT2D eigenvalue weighted by Crippen LogP contribution is 2.28. The van der Waals surface area contributed by atoms with Crippen LogP contribution in [0, 0.1) is 6.92 Å². The molecule has 3 heterocycles. The van der Waals surface area contributed by atoms with E-state index in [1.807, 2.05) is 6.20 Å².